The number of fused-ring (bicyclic) bond motifs is 8. The molecule has 0 bridgehead atoms. The molecule has 0 saturated carbocycles. The van der Waals surface area contributed by atoms with Crippen molar-refractivity contribution in [3.8, 4) is 11.1 Å². The molecule has 0 amide bonds. The smallest absolute Gasteiger partial charge is 0.136 e. The van der Waals surface area contributed by atoms with E-state index in [1.165, 1.54) is 38.4 Å². The molecule has 0 atom stereocenters. The zero-order chi connectivity index (χ0) is 22.2. The van der Waals surface area contributed by atoms with Crippen molar-refractivity contribution in [2.75, 3.05) is 5.32 Å². The molecule has 0 spiro atoms. The highest BCUT2D eigenvalue weighted by Gasteiger charge is 2.36. The van der Waals surface area contributed by atoms with Crippen molar-refractivity contribution >= 4 is 44.1 Å². The molecule has 2 heteroatoms. The van der Waals surface area contributed by atoms with Gasteiger partial charge < -0.3 is 9.73 Å². The van der Waals surface area contributed by atoms with Gasteiger partial charge >= 0.3 is 0 Å². The summed E-state index contributed by atoms with van der Waals surface area (Å²) in [5, 5.41) is 8.50. The van der Waals surface area contributed by atoms with Gasteiger partial charge in [-0.1, -0.05) is 80.6 Å². The minimum Gasteiger partial charge on any atom is -0.456 e. The van der Waals surface area contributed by atoms with E-state index < -0.39 is 0 Å². The SMILES string of the molecule is CC1(C)c2ccccc2-c2c(Nc3ccc4ccc5oc6ccccc6c5c4c3)cccc21. The molecule has 0 fully saturated rings. The third kappa shape index (κ3) is 2.55. The number of anilines is 2. The van der Waals surface area contributed by atoms with Crippen molar-refractivity contribution in [3.63, 3.8) is 0 Å². The fourth-order valence-corrected chi connectivity index (χ4v) is 5.64. The first kappa shape index (κ1) is 18.5. The Labute approximate surface area is 192 Å². The molecule has 158 valence electrons. The van der Waals surface area contributed by atoms with Crippen molar-refractivity contribution in [3.05, 3.63) is 108 Å². The Bertz CT molecular complexity index is 1720. The highest BCUT2D eigenvalue weighted by molar-refractivity contribution is 6.19. The third-order valence-electron chi connectivity index (χ3n) is 7.25. The minimum absolute atomic E-state index is 0.00509. The fourth-order valence-electron chi connectivity index (χ4n) is 5.64. The van der Waals surface area contributed by atoms with Gasteiger partial charge in [0, 0.05) is 33.1 Å². The van der Waals surface area contributed by atoms with Gasteiger partial charge in [0.2, 0.25) is 0 Å². The first-order valence-electron chi connectivity index (χ1n) is 11.5. The summed E-state index contributed by atoms with van der Waals surface area (Å²) in [5.74, 6) is 0. The maximum atomic E-state index is 6.12. The van der Waals surface area contributed by atoms with E-state index >= 15 is 0 Å². The Balaban J connectivity index is 1.42. The molecular formula is C31H23NO. The molecule has 0 aliphatic heterocycles. The molecule has 1 N–H and O–H groups in total. The van der Waals surface area contributed by atoms with Crippen LogP contribution in [0.25, 0.3) is 43.8 Å². The van der Waals surface area contributed by atoms with E-state index in [-0.39, 0.29) is 5.41 Å². The van der Waals surface area contributed by atoms with Gasteiger partial charge in [-0.25, -0.2) is 0 Å². The van der Waals surface area contributed by atoms with E-state index in [1.54, 1.807) is 0 Å². The topological polar surface area (TPSA) is 25.2 Å². The normalized spacial score (nSPS) is 14.0. The maximum Gasteiger partial charge on any atom is 0.136 e. The molecule has 6 aromatic rings. The van der Waals surface area contributed by atoms with Gasteiger partial charge in [0.25, 0.3) is 0 Å². The van der Waals surface area contributed by atoms with Crippen molar-refractivity contribution in [2.24, 2.45) is 0 Å². The van der Waals surface area contributed by atoms with Crippen molar-refractivity contribution in [1.82, 2.24) is 0 Å². The van der Waals surface area contributed by atoms with E-state index in [1.807, 2.05) is 12.1 Å². The van der Waals surface area contributed by atoms with Crippen LogP contribution in [0.3, 0.4) is 0 Å². The van der Waals surface area contributed by atoms with Gasteiger partial charge in [-0.2, -0.15) is 0 Å². The molecule has 1 aliphatic carbocycles. The fraction of sp³-hybridized carbons (Fsp3) is 0.0968. The van der Waals surface area contributed by atoms with Crippen LogP contribution >= 0.6 is 0 Å². The highest BCUT2D eigenvalue weighted by atomic mass is 16.3. The molecule has 5 aromatic carbocycles. The first-order valence-corrected chi connectivity index (χ1v) is 11.5. The summed E-state index contributed by atoms with van der Waals surface area (Å²) in [5.41, 5.74) is 9.47. The molecule has 33 heavy (non-hydrogen) atoms. The summed E-state index contributed by atoms with van der Waals surface area (Å²) in [6.45, 7) is 4.64. The van der Waals surface area contributed by atoms with Gasteiger partial charge in [0.05, 0.1) is 0 Å². The summed E-state index contributed by atoms with van der Waals surface area (Å²) in [6, 6.07) is 34.5. The molecule has 1 aliphatic rings. The average Bonchev–Trinajstić information content (AvgIpc) is 3.33. The lowest BCUT2D eigenvalue weighted by molar-refractivity contribution is 0.660. The van der Waals surface area contributed by atoms with Crippen LogP contribution in [0.15, 0.2) is 101 Å². The van der Waals surface area contributed by atoms with Gasteiger partial charge in [-0.05, 0) is 57.8 Å². The standard InChI is InChI=1S/C31H23NO/c1-31(2)24-10-5-3-8-21(24)30-25(31)11-7-12-26(30)32-20-16-14-19-15-17-28-29(23(19)18-20)22-9-4-6-13-27(22)33-28/h3-18,32H,1-2H3. The van der Waals surface area contributed by atoms with E-state index in [0.717, 1.165) is 27.9 Å². The second-order valence-electron chi connectivity index (χ2n) is 9.50. The average molecular weight is 426 g/mol. The van der Waals surface area contributed by atoms with Crippen LogP contribution in [-0.4, -0.2) is 0 Å². The Morgan fingerprint density at radius 2 is 1.45 bits per heavy atom. The Hall–Kier alpha value is -4.04. The van der Waals surface area contributed by atoms with Crippen molar-refractivity contribution in [2.45, 2.75) is 19.3 Å². The molecule has 2 nitrogen and oxygen atoms in total. The molecule has 0 saturated heterocycles. The van der Waals surface area contributed by atoms with Crippen LogP contribution in [0.4, 0.5) is 11.4 Å². The van der Waals surface area contributed by atoms with Gasteiger partial charge in [-0.3, -0.25) is 0 Å². The highest BCUT2D eigenvalue weighted by Crippen LogP contribution is 2.51. The van der Waals surface area contributed by atoms with E-state index in [0.29, 0.717) is 0 Å². The van der Waals surface area contributed by atoms with Crippen molar-refractivity contribution in [1.29, 1.82) is 0 Å². The number of furan rings is 1. The molecule has 1 heterocycles. The lowest BCUT2D eigenvalue weighted by Gasteiger charge is -2.21. The number of rotatable bonds is 2. The second kappa shape index (κ2) is 6.49. The summed E-state index contributed by atoms with van der Waals surface area (Å²) >= 11 is 0. The molecule has 1 aromatic heterocycles. The maximum absolute atomic E-state index is 6.12. The second-order valence-corrected chi connectivity index (χ2v) is 9.50. The predicted octanol–water partition coefficient (Wildman–Crippen LogP) is 8.79. The van der Waals surface area contributed by atoms with Gasteiger partial charge in [0.1, 0.15) is 11.2 Å². The van der Waals surface area contributed by atoms with Crippen LogP contribution in [0.1, 0.15) is 25.0 Å². The summed E-state index contributed by atoms with van der Waals surface area (Å²) < 4.78 is 6.12. The summed E-state index contributed by atoms with van der Waals surface area (Å²) in [6.07, 6.45) is 0. The number of nitrogens with one attached hydrogen (secondary N) is 1. The largest absolute Gasteiger partial charge is 0.456 e. The van der Waals surface area contributed by atoms with Crippen LogP contribution in [0, 0.1) is 0 Å². The Morgan fingerprint density at radius 1 is 0.667 bits per heavy atom. The summed E-state index contributed by atoms with van der Waals surface area (Å²) in [7, 11) is 0. The van der Waals surface area contributed by atoms with Crippen LogP contribution in [-0.2, 0) is 5.41 Å². The van der Waals surface area contributed by atoms with Crippen LogP contribution in [0.2, 0.25) is 0 Å². The third-order valence-corrected chi connectivity index (χ3v) is 7.25. The number of para-hydroxylation sites is 1. The lowest BCUT2D eigenvalue weighted by Crippen LogP contribution is -2.14. The van der Waals surface area contributed by atoms with Crippen molar-refractivity contribution < 1.29 is 4.42 Å². The zero-order valence-corrected chi connectivity index (χ0v) is 18.6. The molecule has 7 rings (SSSR count). The lowest BCUT2D eigenvalue weighted by atomic mass is 9.82. The van der Waals surface area contributed by atoms with E-state index in [2.05, 4.69) is 104 Å². The zero-order valence-electron chi connectivity index (χ0n) is 18.6. The number of hydrogen-bond donors (Lipinski definition) is 1. The molecular weight excluding hydrogens is 402 g/mol. The van der Waals surface area contributed by atoms with E-state index in [4.69, 9.17) is 4.42 Å². The Morgan fingerprint density at radius 3 is 2.39 bits per heavy atom. The predicted molar refractivity (Wildman–Crippen MR) is 139 cm³/mol. The monoisotopic (exact) mass is 425 g/mol. The number of benzene rings is 5. The first-order chi connectivity index (χ1) is 16.1. The van der Waals surface area contributed by atoms with Gasteiger partial charge in [-0.15, -0.1) is 0 Å². The van der Waals surface area contributed by atoms with Crippen LogP contribution < -0.4 is 5.32 Å². The number of hydrogen-bond acceptors (Lipinski definition) is 2. The molecule has 0 unspecified atom stereocenters. The van der Waals surface area contributed by atoms with Gasteiger partial charge in [0.15, 0.2) is 0 Å². The quantitative estimate of drug-likeness (QED) is 0.300. The Kier molecular flexibility index (Phi) is 3.64. The van der Waals surface area contributed by atoms with Crippen LogP contribution in [0.5, 0.6) is 0 Å². The minimum atomic E-state index is -0.00509. The molecule has 0 radical (unpaired) electrons. The summed E-state index contributed by atoms with van der Waals surface area (Å²) in [4.78, 5) is 0. The van der Waals surface area contributed by atoms with E-state index in [9.17, 15) is 0 Å².